The van der Waals surface area contributed by atoms with E-state index in [1.807, 2.05) is 18.2 Å². The van der Waals surface area contributed by atoms with Crippen LogP contribution in [0.15, 0.2) is 24.3 Å². The Morgan fingerprint density at radius 2 is 1.48 bits per heavy atom. The molecule has 0 bridgehead atoms. The van der Waals surface area contributed by atoms with Crippen LogP contribution in [0.25, 0.3) is 11.0 Å². The number of aromatic nitrogens is 2. The lowest BCUT2D eigenvalue weighted by atomic mass is 10.3. The van der Waals surface area contributed by atoms with Gasteiger partial charge in [-0.3, -0.25) is 4.57 Å². The van der Waals surface area contributed by atoms with Crippen molar-refractivity contribution in [1.29, 1.82) is 0 Å². The molecule has 2 rings (SSSR count). The second-order valence-electron chi connectivity index (χ2n) is 5.47. The zero-order valence-electron chi connectivity index (χ0n) is 15.0. The van der Waals surface area contributed by atoms with E-state index in [0.29, 0.717) is 5.57 Å². The third kappa shape index (κ3) is 2.98. The summed E-state index contributed by atoms with van der Waals surface area (Å²) in [6, 6.07) is 8.06. The van der Waals surface area contributed by atoms with E-state index < -0.39 is 7.44 Å². The number of hydrogen-bond donors (Lipinski definition) is 0. The van der Waals surface area contributed by atoms with Crippen LogP contribution in [0.5, 0.6) is 0 Å². The van der Waals surface area contributed by atoms with Crippen LogP contribution in [0.2, 0.25) is 0 Å². The van der Waals surface area contributed by atoms with Gasteiger partial charge in [0.2, 0.25) is 5.57 Å². The molecule has 0 atom stereocenters. The largest absolute Gasteiger partial charge is 0.320 e. The van der Waals surface area contributed by atoms with E-state index in [2.05, 4.69) is 54.6 Å². The fourth-order valence-corrected chi connectivity index (χ4v) is 6.44. The minimum atomic E-state index is -2.90. The van der Waals surface area contributed by atoms with Crippen molar-refractivity contribution >= 4 is 24.0 Å². The summed E-state index contributed by atoms with van der Waals surface area (Å²) in [5.41, 5.74) is 2.70. The van der Waals surface area contributed by atoms with Gasteiger partial charge >= 0.3 is 0 Å². The Hall–Kier alpha value is -1.16. The molecule has 0 spiro atoms. The van der Waals surface area contributed by atoms with Gasteiger partial charge in [0, 0.05) is 32.7 Å². The van der Waals surface area contributed by atoms with Gasteiger partial charge in [0.25, 0.3) is 7.44 Å². The third-order valence-electron chi connectivity index (χ3n) is 4.44. The number of aryl methyl sites for hydroxylation is 1. The Kier molecular flexibility index (Phi) is 6.01. The molecular weight excluding hydrogens is 307 g/mol. The van der Waals surface area contributed by atoms with Crippen molar-refractivity contribution in [2.75, 3.05) is 26.2 Å². The van der Waals surface area contributed by atoms with Gasteiger partial charge in [-0.25, -0.2) is 14.3 Å². The summed E-state index contributed by atoms with van der Waals surface area (Å²) >= 11 is 0. The number of fused-ring (bicyclic) bond motifs is 1. The predicted octanol–water partition coefficient (Wildman–Crippen LogP) is 3.56. The first-order valence-corrected chi connectivity index (χ1v) is 10.3. The summed E-state index contributed by atoms with van der Waals surface area (Å²) in [4.78, 5) is 4.81. The fraction of sp³-hybridized carbons (Fsp3) is 0.588. The first-order chi connectivity index (χ1) is 11.1. The average Bonchev–Trinajstić information content (AvgIpc) is 2.96. The molecule has 1 aromatic heterocycles. The summed E-state index contributed by atoms with van der Waals surface area (Å²) in [6.45, 7) is 14.1. The number of benzene rings is 1. The Morgan fingerprint density at radius 3 is 1.96 bits per heavy atom. The van der Waals surface area contributed by atoms with Crippen LogP contribution in [-0.4, -0.2) is 45.1 Å². The molecule has 0 fully saturated rings. The highest BCUT2D eigenvalue weighted by atomic mass is 31.2. The molecule has 2 aromatic rings. The lowest BCUT2D eigenvalue weighted by molar-refractivity contribution is 0.366. The van der Waals surface area contributed by atoms with E-state index >= 15 is 0 Å². The second-order valence-corrected chi connectivity index (χ2v) is 8.09. The lowest BCUT2D eigenvalue weighted by Crippen LogP contribution is -2.40. The third-order valence-corrected chi connectivity index (χ3v) is 7.97. The maximum absolute atomic E-state index is 14.3. The molecule has 0 aliphatic heterocycles. The number of nitrogens with zero attached hydrogens (tertiary/aromatic N) is 4. The van der Waals surface area contributed by atoms with Gasteiger partial charge in [0.15, 0.2) is 0 Å². The van der Waals surface area contributed by atoms with E-state index in [-0.39, 0.29) is 0 Å². The molecule has 0 saturated carbocycles. The number of rotatable bonds is 8. The SMILES string of the molecule is CCN(CC)P(=O)(c1nc2ccccc2n1CC)N(CC)CC. The Bertz CT molecular complexity index is 673. The molecule has 0 saturated heterocycles. The zero-order valence-corrected chi connectivity index (χ0v) is 15.9. The van der Waals surface area contributed by atoms with Gasteiger partial charge in [-0.2, -0.15) is 0 Å². The standard InChI is InChI=1S/C17H29N4OP/c1-6-19(7-2)23(22,20(8-3)9-4)17-18-15-13-11-12-14-16(15)21(17)10-5/h11-14H,6-10H2,1-5H3. The maximum atomic E-state index is 14.3. The minimum absolute atomic E-state index is 0.716. The van der Waals surface area contributed by atoms with Gasteiger partial charge in [-0.1, -0.05) is 39.8 Å². The highest BCUT2D eigenvalue weighted by molar-refractivity contribution is 7.66. The Balaban J connectivity index is 2.76. The number of para-hydroxylation sites is 2. The summed E-state index contributed by atoms with van der Waals surface area (Å²) < 4.78 is 20.5. The van der Waals surface area contributed by atoms with Gasteiger partial charge in [-0.05, 0) is 19.1 Å². The van der Waals surface area contributed by atoms with Crippen LogP contribution in [-0.2, 0) is 11.1 Å². The molecule has 0 amide bonds. The van der Waals surface area contributed by atoms with Crippen molar-refractivity contribution < 1.29 is 4.57 Å². The zero-order chi connectivity index (χ0) is 17.0. The molecule has 23 heavy (non-hydrogen) atoms. The van der Waals surface area contributed by atoms with Gasteiger partial charge < -0.3 is 4.57 Å². The van der Waals surface area contributed by atoms with E-state index in [0.717, 1.165) is 43.8 Å². The number of imidazole rings is 1. The van der Waals surface area contributed by atoms with Gasteiger partial charge in [0.1, 0.15) is 0 Å². The fourth-order valence-electron chi connectivity index (χ4n) is 3.24. The molecule has 0 aliphatic carbocycles. The molecule has 0 radical (unpaired) electrons. The van der Waals surface area contributed by atoms with Crippen molar-refractivity contribution in [2.45, 2.75) is 41.2 Å². The first kappa shape index (κ1) is 18.2. The predicted molar refractivity (Wildman–Crippen MR) is 98.5 cm³/mol. The molecule has 1 heterocycles. The molecule has 0 unspecified atom stereocenters. The highest BCUT2D eigenvalue weighted by Gasteiger charge is 2.40. The molecule has 6 heteroatoms. The highest BCUT2D eigenvalue weighted by Crippen LogP contribution is 2.51. The first-order valence-electron chi connectivity index (χ1n) is 8.64. The van der Waals surface area contributed by atoms with E-state index in [4.69, 9.17) is 4.98 Å². The van der Waals surface area contributed by atoms with E-state index in [1.54, 1.807) is 0 Å². The van der Waals surface area contributed by atoms with Crippen molar-refractivity contribution in [3.63, 3.8) is 0 Å². The van der Waals surface area contributed by atoms with Gasteiger partial charge in [0.05, 0.1) is 11.0 Å². The maximum Gasteiger partial charge on any atom is 0.280 e. The molecule has 0 N–H and O–H groups in total. The quantitative estimate of drug-likeness (QED) is 0.691. The van der Waals surface area contributed by atoms with Crippen LogP contribution < -0.4 is 5.57 Å². The van der Waals surface area contributed by atoms with Gasteiger partial charge in [-0.15, -0.1) is 0 Å². The van der Waals surface area contributed by atoms with Crippen molar-refractivity contribution in [3.8, 4) is 0 Å². The van der Waals surface area contributed by atoms with Crippen LogP contribution in [0.4, 0.5) is 0 Å². The molecular formula is C17H29N4OP. The minimum Gasteiger partial charge on any atom is -0.320 e. The number of hydrogen-bond acceptors (Lipinski definition) is 2. The smallest absolute Gasteiger partial charge is 0.280 e. The summed E-state index contributed by atoms with van der Waals surface area (Å²) in [5.74, 6) is 0. The monoisotopic (exact) mass is 336 g/mol. The molecule has 128 valence electrons. The molecule has 5 nitrogen and oxygen atoms in total. The lowest BCUT2D eigenvalue weighted by Gasteiger charge is -2.37. The average molecular weight is 336 g/mol. The summed E-state index contributed by atoms with van der Waals surface area (Å²) in [6.07, 6.45) is 0. The van der Waals surface area contributed by atoms with Crippen LogP contribution in [0, 0.1) is 0 Å². The van der Waals surface area contributed by atoms with Crippen molar-refractivity contribution in [2.24, 2.45) is 0 Å². The topological polar surface area (TPSA) is 41.4 Å². The Morgan fingerprint density at radius 1 is 0.957 bits per heavy atom. The normalized spacial score (nSPS) is 12.7. The van der Waals surface area contributed by atoms with E-state index in [1.165, 1.54) is 0 Å². The summed E-state index contributed by atoms with van der Waals surface area (Å²) in [7, 11) is -2.90. The van der Waals surface area contributed by atoms with Crippen molar-refractivity contribution in [1.82, 2.24) is 18.9 Å². The van der Waals surface area contributed by atoms with Crippen LogP contribution >= 0.6 is 7.44 Å². The molecule has 1 aromatic carbocycles. The van der Waals surface area contributed by atoms with Crippen molar-refractivity contribution in [3.05, 3.63) is 24.3 Å². The Labute approximate surface area is 139 Å². The summed E-state index contributed by atoms with van der Waals surface area (Å²) in [5, 5.41) is 0. The van der Waals surface area contributed by atoms with E-state index in [9.17, 15) is 4.57 Å². The second kappa shape index (κ2) is 7.61. The molecule has 0 aliphatic rings. The van der Waals surface area contributed by atoms with Crippen LogP contribution in [0.1, 0.15) is 34.6 Å². The van der Waals surface area contributed by atoms with Crippen LogP contribution in [0.3, 0.4) is 0 Å².